The normalized spacial score (nSPS) is 15.2. The number of aryl methyl sites for hydroxylation is 2. The lowest BCUT2D eigenvalue weighted by atomic mass is 10.00. The highest BCUT2D eigenvalue weighted by atomic mass is 16.3. The number of aliphatic hydroxyl groups excluding tert-OH is 1. The molecule has 1 aliphatic rings. The van der Waals surface area contributed by atoms with Gasteiger partial charge in [-0.05, 0) is 43.4 Å². The van der Waals surface area contributed by atoms with E-state index in [-0.39, 0.29) is 6.61 Å². The van der Waals surface area contributed by atoms with Crippen LogP contribution in [0.3, 0.4) is 0 Å². The van der Waals surface area contributed by atoms with Crippen LogP contribution in [0.5, 0.6) is 0 Å². The van der Waals surface area contributed by atoms with E-state index in [1.54, 1.807) is 0 Å². The van der Waals surface area contributed by atoms with Crippen molar-refractivity contribution in [1.82, 2.24) is 0 Å². The van der Waals surface area contributed by atoms with Gasteiger partial charge in [-0.25, -0.2) is 0 Å². The lowest BCUT2D eigenvalue weighted by Crippen LogP contribution is -2.30. The molecule has 1 aromatic rings. The largest absolute Gasteiger partial charge is 0.396 e. The molecule has 0 saturated carbocycles. The summed E-state index contributed by atoms with van der Waals surface area (Å²) in [6, 6.07) is 6.70. The molecule has 0 atom stereocenters. The Morgan fingerprint density at radius 2 is 2.27 bits per heavy atom. The molecule has 1 aromatic carbocycles. The summed E-state index contributed by atoms with van der Waals surface area (Å²) in [6.07, 6.45) is 3.31. The molecule has 1 N–H and O–H groups in total. The fraction of sp³-hybridized carbons (Fsp3) is 0.538. The van der Waals surface area contributed by atoms with Gasteiger partial charge in [0, 0.05) is 25.4 Å². The van der Waals surface area contributed by atoms with Gasteiger partial charge in [-0.15, -0.1) is 0 Å². The highest BCUT2D eigenvalue weighted by Crippen LogP contribution is 2.27. The van der Waals surface area contributed by atoms with Crippen LogP contribution in [0.25, 0.3) is 0 Å². The lowest BCUT2D eigenvalue weighted by Gasteiger charge is -2.31. The number of nitrogens with zero attached hydrogens (tertiary/aromatic N) is 1. The maximum atomic E-state index is 8.87. The second kappa shape index (κ2) is 4.67. The van der Waals surface area contributed by atoms with Gasteiger partial charge >= 0.3 is 0 Å². The summed E-state index contributed by atoms with van der Waals surface area (Å²) < 4.78 is 0. The Morgan fingerprint density at radius 1 is 1.40 bits per heavy atom. The van der Waals surface area contributed by atoms with Crippen molar-refractivity contribution < 1.29 is 5.11 Å². The van der Waals surface area contributed by atoms with Gasteiger partial charge in [0.1, 0.15) is 0 Å². The van der Waals surface area contributed by atoms with E-state index >= 15 is 0 Å². The van der Waals surface area contributed by atoms with E-state index in [1.807, 2.05) is 0 Å². The van der Waals surface area contributed by atoms with Crippen molar-refractivity contribution >= 4 is 5.69 Å². The van der Waals surface area contributed by atoms with Gasteiger partial charge in [-0.1, -0.05) is 12.1 Å². The van der Waals surface area contributed by atoms with Crippen molar-refractivity contribution in [3.63, 3.8) is 0 Å². The molecule has 2 nitrogen and oxygen atoms in total. The standard InChI is InChI=1S/C13H19NO/c1-11-5-6-12-4-2-7-14(8-3-9-15)13(12)10-11/h5-6,10,15H,2-4,7-9H2,1H3. The van der Waals surface area contributed by atoms with Crippen molar-refractivity contribution in [3.8, 4) is 0 Å². The fourth-order valence-corrected chi connectivity index (χ4v) is 2.25. The second-order valence-electron chi connectivity index (χ2n) is 4.30. The number of anilines is 1. The summed E-state index contributed by atoms with van der Waals surface area (Å²) in [4.78, 5) is 2.40. The topological polar surface area (TPSA) is 23.5 Å². The van der Waals surface area contributed by atoms with Crippen LogP contribution in [0, 0.1) is 6.92 Å². The smallest absolute Gasteiger partial charge is 0.0447 e. The predicted octanol–water partition coefficient (Wildman–Crippen LogP) is 2.13. The van der Waals surface area contributed by atoms with Gasteiger partial charge in [-0.2, -0.15) is 0 Å². The molecule has 0 bridgehead atoms. The Bertz CT molecular complexity index is 335. The zero-order valence-corrected chi connectivity index (χ0v) is 9.37. The maximum absolute atomic E-state index is 8.87. The molecule has 82 valence electrons. The van der Waals surface area contributed by atoms with E-state index in [1.165, 1.54) is 29.7 Å². The fourth-order valence-electron chi connectivity index (χ4n) is 2.25. The molecular weight excluding hydrogens is 186 g/mol. The molecule has 0 saturated heterocycles. The minimum atomic E-state index is 0.289. The third-order valence-corrected chi connectivity index (χ3v) is 3.04. The first-order valence-electron chi connectivity index (χ1n) is 5.76. The summed E-state index contributed by atoms with van der Waals surface area (Å²) in [5.41, 5.74) is 4.17. The third kappa shape index (κ3) is 2.32. The first-order valence-corrected chi connectivity index (χ1v) is 5.76. The molecule has 0 aliphatic carbocycles. The van der Waals surface area contributed by atoms with Crippen LogP contribution in [-0.4, -0.2) is 24.8 Å². The highest BCUT2D eigenvalue weighted by molar-refractivity contribution is 5.57. The van der Waals surface area contributed by atoms with Gasteiger partial charge in [0.25, 0.3) is 0 Å². The summed E-state index contributed by atoms with van der Waals surface area (Å²) in [5, 5.41) is 8.87. The van der Waals surface area contributed by atoms with Gasteiger partial charge < -0.3 is 10.0 Å². The SMILES string of the molecule is Cc1ccc2c(c1)N(CCCO)CCC2. The van der Waals surface area contributed by atoms with Crippen molar-refractivity contribution in [1.29, 1.82) is 0 Å². The molecule has 0 amide bonds. The Labute approximate surface area is 91.5 Å². The number of rotatable bonds is 3. The first-order chi connectivity index (χ1) is 7.31. The van der Waals surface area contributed by atoms with E-state index < -0.39 is 0 Å². The van der Waals surface area contributed by atoms with Crippen molar-refractivity contribution in [3.05, 3.63) is 29.3 Å². The average Bonchev–Trinajstić information content (AvgIpc) is 2.26. The van der Waals surface area contributed by atoms with Crippen molar-refractivity contribution in [2.75, 3.05) is 24.6 Å². The van der Waals surface area contributed by atoms with Gasteiger partial charge in [0.2, 0.25) is 0 Å². The summed E-state index contributed by atoms with van der Waals surface area (Å²) >= 11 is 0. The van der Waals surface area contributed by atoms with Crippen LogP contribution in [0.1, 0.15) is 24.0 Å². The lowest BCUT2D eigenvalue weighted by molar-refractivity contribution is 0.289. The molecule has 0 aromatic heterocycles. The number of hydrogen-bond acceptors (Lipinski definition) is 2. The molecule has 0 unspecified atom stereocenters. The second-order valence-corrected chi connectivity index (χ2v) is 4.30. The summed E-state index contributed by atoms with van der Waals surface area (Å²) in [5.74, 6) is 0. The Kier molecular flexibility index (Phi) is 3.27. The Hall–Kier alpha value is -1.02. The van der Waals surface area contributed by atoms with Gasteiger partial charge in [0.05, 0.1) is 0 Å². The van der Waals surface area contributed by atoms with Crippen LogP contribution < -0.4 is 4.90 Å². The van der Waals surface area contributed by atoms with Crippen LogP contribution in [0.2, 0.25) is 0 Å². The molecule has 0 fully saturated rings. The van der Waals surface area contributed by atoms with E-state index in [9.17, 15) is 0 Å². The number of aliphatic hydroxyl groups is 1. The summed E-state index contributed by atoms with van der Waals surface area (Å²) in [7, 11) is 0. The predicted molar refractivity (Wildman–Crippen MR) is 63.4 cm³/mol. The zero-order valence-electron chi connectivity index (χ0n) is 9.37. The van der Waals surface area contributed by atoms with Crippen LogP contribution >= 0.6 is 0 Å². The molecule has 0 radical (unpaired) electrons. The Morgan fingerprint density at radius 3 is 3.07 bits per heavy atom. The highest BCUT2D eigenvalue weighted by Gasteiger charge is 2.15. The molecule has 1 aliphatic heterocycles. The molecule has 1 heterocycles. The molecule has 2 rings (SSSR count). The quantitative estimate of drug-likeness (QED) is 0.817. The minimum Gasteiger partial charge on any atom is -0.396 e. The molecule has 0 spiro atoms. The van der Waals surface area contributed by atoms with Crippen LogP contribution in [0.15, 0.2) is 18.2 Å². The number of hydrogen-bond donors (Lipinski definition) is 1. The van der Waals surface area contributed by atoms with Gasteiger partial charge in [0.15, 0.2) is 0 Å². The number of fused-ring (bicyclic) bond motifs is 1. The molecule has 2 heteroatoms. The minimum absolute atomic E-state index is 0.289. The monoisotopic (exact) mass is 205 g/mol. The average molecular weight is 205 g/mol. The zero-order chi connectivity index (χ0) is 10.7. The van der Waals surface area contributed by atoms with Crippen molar-refractivity contribution in [2.45, 2.75) is 26.2 Å². The van der Waals surface area contributed by atoms with E-state index in [0.29, 0.717) is 0 Å². The molecular formula is C13H19NO. The molecule has 15 heavy (non-hydrogen) atoms. The van der Waals surface area contributed by atoms with E-state index in [2.05, 4.69) is 30.0 Å². The van der Waals surface area contributed by atoms with Gasteiger partial charge in [-0.3, -0.25) is 0 Å². The van der Waals surface area contributed by atoms with E-state index in [4.69, 9.17) is 5.11 Å². The summed E-state index contributed by atoms with van der Waals surface area (Å²) in [6.45, 7) is 4.54. The van der Waals surface area contributed by atoms with Crippen LogP contribution in [-0.2, 0) is 6.42 Å². The Balaban J connectivity index is 2.20. The van der Waals surface area contributed by atoms with Crippen LogP contribution in [0.4, 0.5) is 5.69 Å². The maximum Gasteiger partial charge on any atom is 0.0447 e. The van der Waals surface area contributed by atoms with E-state index in [0.717, 1.165) is 19.5 Å². The first kappa shape index (κ1) is 10.5. The van der Waals surface area contributed by atoms with Crippen molar-refractivity contribution in [2.24, 2.45) is 0 Å². The number of benzene rings is 1. The third-order valence-electron chi connectivity index (χ3n) is 3.04.